The second-order valence-corrected chi connectivity index (χ2v) is 4.21. The van der Waals surface area contributed by atoms with Crippen LogP contribution in [0.15, 0.2) is 0 Å². The van der Waals surface area contributed by atoms with E-state index in [0.29, 0.717) is 5.82 Å². The summed E-state index contributed by atoms with van der Waals surface area (Å²) < 4.78 is 0. The lowest BCUT2D eigenvalue weighted by atomic mass is 9.92. The van der Waals surface area contributed by atoms with Crippen molar-refractivity contribution in [2.45, 2.75) is 44.7 Å². The Balaban J connectivity index is 0.000000171. The standard InChI is InChI=1S/C6H14N2.C4H7N5/c7-5-3-1-2-4-6(5)8;1-2-7-3(5)9-4(6)8-2/h5-6H,1-4,7-8H2;1H3,(H4,5,6,7,8,9). The van der Waals surface area contributed by atoms with Crippen LogP contribution in [0, 0.1) is 6.92 Å². The molecule has 0 saturated heterocycles. The van der Waals surface area contributed by atoms with E-state index in [0.717, 1.165) is 12.8 Å². The molecule has 1 aliphatic carbocycles. The zero-order chi connectivity index (χ0) is 12.8. The minimum atomic E-state index is 0.167. The average molecular weight is 239 g/mol. The lowest BCUT2D eigenvalue weighted by molar-refractivity contribution is 0.385. The number of hydrogen-bond donors (Lipinski definition) is 4. The van der Waals surface area contributed by atoms with Gasteiger partial charge in [0.1, 0.15) is 5.82 Å². The second kappa shape index (κ2) is 6.31. The molecule has 0 spiro atoms. The Morgan fingerprint density at radius 2 is 1.29 bits per heavy atom. The Labute approximate surface area is 101 Å². The van der Waals surface area contributed by atoms with Crippen LogP contribution in [0.2, 0.25) is 0 Å². The molecule has 2 rings (SSSR count). The zero-order valence-electron chi connectivity index (χ0n) is 10.1. The molecular formula is C10H21N7. The molecule has 0 amide bonds. The van der Waals surface area contributed by atoms with E-state index >= 15 is 0 Å². The quantitative estimate of drug-likeness (QED) is 0.480. The fourth-order valence-electron chi connectivity index (χ4n) is 1.71. The average Bonchev–Trinajstić information content (AvgIpc) is 2.21. The molecule has 0 aromatic carbocycles. The van der Waals surface area contributed by atoms with Gasteiger partial charge in [-0.05, 0) is 19.8 Å². The van der Waals surface area contributed by atoms with Gasteiger partial charge in [0.05, 0.1) is 0 Å². The van der Waals surface area contributed by atoms with Crippen molar-refractivity contribution in [3.8, 4) is 0 Å². The summed E-state index contributed by atoms with van der Waals surface area (Å²) in [5.74, 6) is 0.875. The number of aromatic nitrogens is 3. The summed E-state index contributed by atoms with van der Waals surface area (Å²) in [6, 6.07) is 0.562. The molecular weight excluding hydrogens is 218 g/mol. The Morgan fingerprint density at radius 1 is 0.882 bits per heavy atom. The first kappa shape index (κ1) is 13.6. The van der Waals surface area contributed by atoms with Gasteiger partial charge in [-0.3, -0.25) is 0 Å². The summed E-state index contributed by atoms with van der Waals surface area (Å²) in [7, 11) is 0. The highest BCUT2D eigenvalue weighted by Crippen LogP contribution is 2.14. The van der Waals surface area contributed by atoms with Gasteiger partial charge in [-0.15, -0.1) is 0 Å². The van der Waals surface area contributed by atoms with Crippen LogP contribution in [-0.4, -0.2) is 27.0 Å². The topological polar surface area (TPSA) is 143 Å². The third-order valence-electron chi connectivity index (χ3n) is 2.66. The van der Waals surface area contributed by atoms with E-state index in [1.54, 1.807) is 6.92 Å². The molecule has 17 heavy (non-hydrogen) atoms. The summed E-state index contributed by atoms with van der Waals surface area (Å²) >= 11 is 0. The van der Waals surface area contributed by atoms with Crippen molar-refractivity contribution >= 4 is 11.9 Å². The first-order chi connectivity index (χ1) is 7.99. The molecule has 2 unspecified atom stereocenters. The van der Waals surface area contributed by atoms with Gasteiger partial charge in [-0.2, -0.15) is 15.0 Å². The maximum absolute atomic E-state index is 5.65. The zero-order valence-corrected chi connectivity index (χ0v) is 10.1. The second-order valence-electron chi connectivity index (χ2n) is 4.21. The number of nitrogen functional groups attached to an aromatic ring is 2. The van der Waals surface area contributed by atoms with E-state index in [2.05, 4.69) is 15.0 Å². The van der Waals surface area contributed by atoms with E-state index in [1.807, 2.05) is 0 Å². The van der Waals surface area contributed by atoms with Crippen LogP contribution < -0.4 is 22.9 Å². The highest BCUT2D eigenvalue weighted by molar-refractivity contribution is 5.25. The van der Waals surface area contributed by atoms with Gasteiger partial charge in [0.25, 0.3) is 0 Å². The molecule has 1 aromatic heterocycles. The fraction of sp³-hybridized carbons (Fsp3) is 0.700. The van der Waals surface area contributed by atoms with Crippen molar-refractivity contribution in [3.63, 3.8) is 0 Å². The summed E-state index contributed by atoms with van der Waals surface area (Å²) in [5.41, 5.74) is 21.7. The Morgan fingerprint density at radius 3 is 1.59 bits per heavy atom. The van der Waals surface area contributed by atoms with Crippen molar-refractivity contribution in [1.29, 1.82) is 0 Å². The Hall–Kier alpha value is -1.47. The van der Waals surface area contributed by atoms with Gasteiger partial charge in [-0.1, -0.05) is 12.8 Å². The number of rotatable bonds is 0. The Bertz CT molecular complexity index is 294. The number of nitrogens with two attached hydrogens (primary N) is 4. The normalized spacial score (nSPS) is 23.7. The molecule has 1 aromatic rings. The van der Waals surface area contributed by atoms with Gasteiger partial charge in [-0.25, -0.2) is 0 Å². The molecule has 7 heteroatoms. The largest absolute Gasteiger partial charge is 0.368 e. The van der Waals surface area contributed by atoms with Crippen LogP contribution in [-0.2, 0) is 0 Å². The van der Waals surface area contributed by atoms with Crippen LogP contribution in [0.3, 0.4) is 0 Å². The van der Waals surface area contributed by atoms with Crippen molar-refractivity contribution in [1.82, 2.24) is 15.0 Å². The van der Waals surface area contributed by atoms with Crippen LogP contribution in [0.5, 0.6) is 0 Å². The van der Waals surface area contributed by atoms with Crippen LogP contribution in [0.1, 0.15) is 31.5 Å². The molecule has 1 fully saturated rings. The highest BCUT2D eigenvalue weighted by Gasteiger charge is 2.16. The summed E-state index contributed by atoms with van der Waals surface area (Å²) in [6.07, 6.45) is 4.80. The number of hydrogen-bond acceptors (Lipinski definition) is 7. The molecule has 0 bridgehead atoms. The molecule has 96 valence electrons. The molecule has 1 heterocycles. The monoisotopic (exact) mass is 239 g/mol. The van der Waals surface area contributed by atoms with Gasteiger partial charge in [0.15, 0.2) is 0 Å². The predicted octanol–water partition coefficient (Wildman–Crippen LogP) is -0.441. The van der Waals surface area contributed by atoms with E-state index < -0.39 is 0 Å². The molecule has 1 saturated carbocycles. The molecule has 0 aliphatic heterocycles. The molecule has 0 radical (unpaired) electrons. The maximum Gasteiger partial charge on any atom is 0.225 e. The van der Waals surface area contributed by atoms with Crippen LogP contribution >= 0.6 is 0 Å². The van der Waals surface area contributed by atoms with Gasteiger partial charge < -0.3 is 22.9 Å². The van der Waals surface area contributed by atoms with Crippen molar-refractivity contribution in [3.05, 3.63) is 5.82 Å². The summed E-state index contributed by atoms with van der Waals surface area (Å²) in [4.78, 5) is 11.0. The maximum atomic E-state index is 5.65. The third-order valence-corrected chi connectivity index (χ3v) is 2.66. The predicted molar refractivity (Wildman–Crippen MR) is 67.8 cm³/mol. The minimum Gasteiger partial charge on any atom is -0.368 e. The lowest BCUT2D eigenvalue weighted by Crippen LogP contribution is -2.43. The van der Waals surface area contributed by atoms with Gasteiger partial charge >= 0.3 is 0 Å². The van der Waals surface area contributed by atoms with Crippen molar-refractivity contribution in [2.24, 2.45) is 11.5 Å². The minimum absolute atomic E-state index is 0.167. The van der Waals surface area contributed by atoms with E-state index in [-0.39, 0.29) is 24.0 Å². The van der Waals surface area contributed by atoms with Crippen molar-refractivity contribution < 1.29 is 0 Å². The van der Waals surface area contributed by atoms with E-state index in [4.69, 9.17) is 22.9 Å². The van der Waals surface area contributed by atoms with E-state index in [9.17, 15) is 0 Å². The fourth-order valence-corrected chi connectivity index (χ4v) is 1.71. The highest BCUT2D eigenvalue weighted by atomic mass is 15.1. The molecule has 1 aliphatic rings. The van der Waals surface area contributed by atoms with Gasteiger partial charge in [0, 0.05) is 12.1 Å². The Kier molecular flexibility index (Phi) is 5.05. The molecule has 7 nitrogen and oxygen atoms in total. The van der Waals surface area contributed by atoms with Crippen LogP contribution in [0.25, 0.3) is 0 Å². The van der Waals surface area contributed by atoms with Crippen LogP contribution in [0.4, 0.5) is 11.9 Å². The summed E-state index contributed by atoms with van der Waals surface area (Å²) in [6.45, 7) is 1.70. The van der Waals surface area contributed by atoms with E-state index in [1.165, 1.54) is 12.8 Å². The first-order valence-electron chi connectivity index (χ1n) is 5.74. The first-order valence-corrected chi connectivity index (χ1v) is 5.74. The van der Waals surface area contributed by atoms with Gasteiger partial charge in [0.2, 0.25) is 11.9 Å². The molecule has 8 N–H and O–H groups in total. The lowest BCUT2D eigenvalue weighted by Gasteiger charge is -2.24. The van der Waals surface area contributed by atoms with Crippen molar-refractivity contribution in [2.75, 3.05) is 11.5 Å². The number of aryl methyl sites for hydroxylation is 1. The summed E-state index contributed by atoms with van der Waals surface area (Å²) in [5, 5.41) is 0. The smallest absolute Gasteiger partial charge is 0.225 e. The SMILES string of the molecule is Cc1nc(N)nc(N)n1.NC1CCCCC1N. The third kappa shape index (κ3) is 4.92. The molecule has 2 atom stereocenters. The number of nitrogens with zero attached hydrogens (tertiary/aromatic N) is 3. The number of anilines is 2.